The number of aliphatic carboxylic acids is 1. The number of carboxylic acids is 1. The van der Waals surface area contributed by atoms with E-state index < -0.39 is 17.3 Å². The minimum absolute atomic E-state index is 0.0252. The van der Waals surface area contributed by atoms with Gasteiger partial charge < -0.3 is 19.6 Å². The zero-order chi connectivity index (χ0) is 22.0. The molecule has 1 aliphatic rings. The highest BCUT2D eigenvalue weighted by molar-refractivity contribution is 6.05. The zero-order valence-electron chi connectivity index (χ0n) is 17.1. The van der Waals surface area contributed by atoms with E-state index in [0.717, 1.165) is 5.56 Å². The van der Waals surface area contributed by atoms with Crippen molar-refractivity contribution in [2.45, 2.75) is 19.8 Å². The third-order valence-electron chi connectivity index (χ3n) is 5.92. The molecule has 2 aromatic carbocycles. The van der Waals surface area contributed by atoms with Crippen LogP contribution in [-0.2, 0) is 9.53 Å². The lowest BCUT2D eigenvalue weighted by molar-refractivity contribution is -0.154. The van der Waals surface area contributed by atoms with Gasteiger partial charge in [0.2, 0.25) is 0 Å². The van der Waals surface area contributed by atoms with Gasteiger partial charge in [-0.15, -0.1) is 0 Å². The highest BCUT2D eigenvalue weighted by atomic mass is 16.5. The average Bonchev–Trinajstić information content (AvgIpc) is 2.80. The maximum absolute atomic E-state index is 13.0. The molecular formula is C24H23NO6. The molecule has 0 bridgehead atoms. The lowest BCUT2D eigenvalue weighted by Gasteiger charge is -2.33. The lowest BCUT2D eigenvalue weighted by atomic mass is 9.80. The molecule has 2 N–H and O–H groups in total. The predicted octanol–water partition coefficient (Wildman–Crippen LogP) is 3.38. The Morgan fingerprint density at radius 3 is 2.45 bits per heavy atom. The number of carboxylic acid groups (broad SMARTS) is 1. The highest BCUT2D eigenvalue weighted by Gasteiger charge is 2.40. The number of nitrogens with one attached hydrogen (secondary N) is 1. The van der Waals surface area contributed by atoms with Gasteiger partial charge in [0.15, 0.2) is 11.0 Å². The Morgan fingerprint density at radius 2 is 1.77 bits per heavy atom. The van der Waals surface area contributed by atoms with E-state index in [4.69, 9.17) is 9.15 Å². The summed E-state index contributed by atoms with van der Waals surface area (Å²) in [7, 11) is 0. The first-order valence-electron chi connectivity index (χ1n) is 10.1. The summed E-state index contributed by atoms with van der Waals surface area (Å²) in [6.07, 6.45) is 0.648. The Kier molecular flexibility index (Phi) is 5.61. The summed E-state index contributed by atoms with van der Waals surface area (Å²) >= 11 is 0. The first kappa shape index (κ1) is 20.8. The number of carbonyl (C=O) groups is 2. The Morgan fingerprint density at radius 1 is 1.06 bits per heavy atom. The van der Waals surface area contributed by atoms with E-state index in [1.165, 1.54) is 0 Å². The van der Waals surface area contributed by atoms with Crippen LogP contribution in [0, 0.1) is 12.3 Å². The van der Waals surface area contributed by atoms with Gasteiger partial charge in [0.25, 0.3) is 5.91 Å². The van der Waals surface area contributed by atoms with Gasteiger partial charge in [-0.05, 0) is 31.9 Å². The molecule has 0 atom stereocenters. The van der Waals surface area contributed by atoms with Gasteiger partial charge in [0, 0.05) is 30.9 Å². The average molecular weight is 421 g/mol. The quantitative estimate of drug-likeness (QED) is 0.654. The summed E-state index contributed by atoms with van der Waals surface area (Å²) in [4.78, 5) is 37.8. The number of rotatable bonds is 5. The third kappa shape index (κ3) is 3.84. The predicted molar refractivity (Wildman–Crippen MR) is 115 cm³/mol. The zero-order valence-corrected chi connectivity index (χ0v) is 17.1. The SMILES string of the molecule is Cc1c(-c2ccccc2)oc2c(C(=O)NCC3(C(=O)O)CCOCC3)cccc2c1=O. The summed E-state index contributed by atoms with van der Waals surface area (Å²) in [5.41, 5.74) is 0.307. The fraction of sp³-hybridized carbons (Fsp3) is 0.292. The molecule has 0 saturated carbocycles. The van der Waals surface area contributed by atoms with Crippen molar-refractivity contribution in [1.82, 2.24) is 5.32 Å². The number of amides is 1. The van der Waals surface area contributed by atoms with E-state index in [0.29, 0.717) is 42.8 Å². The molecule has 160 valence electrons. The topological polar surface area (TPSA) is 106 Å². The van der Waals surface area contributed by atoms with E-state index >= 15 is 0 Å². The number of para-hydroxylation sites is 1. The first-order chi connectivity index (χ1) is 14.9. The number of hydrogen-bond donors (Lipinski definition) is 2. The summed E-state index contributed by atoms with van der Waals surface area (Å²) < 4.78 is 11.4. The van der Waals surface area contributed by atoms with Crippen LogP contribution in [0.5, 0.6) is 0 Å². The minimum atomic E-state index is -1.06. The van der Waals surface area contributed by atoms with E-state index in [9.17, 15) is 19.5 Å². The van der Waals surface area contributed by atoms with E-state index in [1.807, 2.05) is 30.3 Å². The molecule has 0 radical (unpaired) electrons. The number of hydrogen-bond acceptors (Lipinski definition) is 5. The molecule has 0 aliphatic carbocycles. The summed E-state index contributed by atoms with van der Waals surface area (Å²) in [6.45, 7) is 2.35. The number of fused-ring (bicyclic) bond motifs is 1. The molecule has 0 spiro atoms. The Balaban J connectivity index is 1.72. The summed E-state index contributed by atoms with van der Waals surface area (Å²) in [5.74, 6) is -1.03. The van der Waals surface area contributed by atoms with Crippen molar-refractivity contribution in [2.75, 3.05) is 19.8 Å². The molecule has 1 amide bonds. The van der Waals surface area contributed by atoms with Gasteiger partial charge in [0.05, 0.1) is 16.4 Å². The van der Waals surface area contributed by atoms with Gasteiger partial charge in [-0.1, -0.05) is 36.4 Å². The fourth-order valence-electron chi connectivity index (χ4n) is 3.93. The molecule has 7 nitrogen and oxygen atoms in total. The molecule has 1 aromatic heterocycles. The number of benzene rings is 2. The largest absolute Gasteiger partial charge is 0.481 e. The van der Waals surface area contributed by atoms with Gasteiger partial charge in [-0.25, -0.2) is 0 Å². The van der Waals surface area contributed by atoms with E-state index in [2.05, 4.69) is 5.32 Å². The van der Waals surface area contributed by atoms with E-state index in [-0.39, 0.29) is 23.1 Å². The summed E-state index contributed by atoms with van der Waals surface area (Å²) in [6, 6.07) is 14.0. The summed E-state index contributed by atoms with van der Waals surface area (Å²) in [5, 5.41) is 12.8. The van der Waals surface area contributed by atoms with Crippen LogP contribution in [0.4, 0.5) is 0 Å². The highest BCUT2D eigenvalue weighted by Crippen LogP contribution is 2.31. The van der Waals surface area contributed by atoms with Crippen LogP contribution in [0.15, 0.2) is 57.7 Å². The van der Waals surface area contributed by atoms with Crippen molar-refractivity contribution >= 4 is 22.8 Å². The van der Waals surface area contributed by atoms with Crippen LogP contribution >= 0.6 is 0 Å². The maximum Gasteiger partial charge on any atom is 0.311 e. The first-order valence-corrected chi connectivity index (χ1v) is 10.1. The van der Waals surface area contributed by atoms with Gasteiger partial charge >= 0.3 is 5.97 Å². The van der Waals surface area contributed by atoms with Crippen LogP contribution in [0.1, 0.15) is 28.8 Å². The molecule has 31 heavy (non-hydrogen) atoms. The molecule has 1 fully saturated rings. The smallest absolute Gasteiger partial charge is 0.311 e. The molecule has 0 unspecified atom stereocenters. The second kappa shape index (κ2) is 8.35. The van der Waals surface area contributed by atoms with Crippen molar-refractivity contribution in [3.8, 4) is 11.3 Å². The molecule has 1 aliphatic heterocycles. The van der Waals surface area contributed by atoms with Crippen LogP contribution in [0.2, 0.25) is 0 Å². The monoisotopic (exact) mass is 421 g/mol. The van der Waals surface area contributed by atoms with Crippen LogP contribution in [0.25, 0.3) is 22.3 Å². The van der Waals surface area contributed by atoms with Crippen LogP contribution < -0.4 is 10.7 Å². The standard InChI is InChI=1S/C24H23NO6/c1-15-19(26)17-8-5-9-18(21(17)31-20(15)16-6-3-2-4-7-16)22(27)25-14-24(23(28)29)10-12-30-13-11-24/h2-9H,10-14H2,1H3,(H,25,27)(H,28,29). The van der Waals surface area contributed by atoms with Gasteiger partial charge in [-0.3, -0.25) is 14.4 Å². The van der Waals surface area contributed by atoms with E-state index in [1.54, 1.807) is 25.1 Å². The number of ether oxygens (including phenoxy) is 1. The second-order valence-electron chi connectivity index (χ2n) is 7.81. The van der Waals surface area contributed by atoms with Crippen molar-refractivity contribution < 1.29 is 23.8 Å². The third-order valence-corrected chi connectivity index (χ3v) is 5.92. The van der Waals surface area contributed by atoms with Crippen LogP contribution in [-0.4, -0.2) is 36.7 Å². The van der Waals surface area contributed by atoms with Crippen molar-refractivity contribution in [2.24, 2.45) is 5.41 Å². The molecule has 7 heteroatoms. The molecular weight excluding hydrogens is 398 g/mol. The maximum atomic E-state index is 13.0. The molecule has 1 saturated heterocycles. The minimum Gasteiger partial charge on any atom is -0.481 e. The normalized spacial score (nSPS) is 15.5. The van der Waals surface area contributed by atoms with Crippen molar-refractivity contribution in [1.29, 1.82) is 0 Å². The van der Waals surface area contributed by atoms with Crippen LogP contribution in [0.3, 0.4) is 0 Å². The Labute approximate surface area is 178 Å². The Hall–Kier alpha value is -3.45. The molecule has 4 rings (SSSR count). The second-order valence-corrected chi connectivity index (χ2v) is 7.81. The van der Waals surface area contributed by atoms with Gasteiger partial charge in [-0.2, -0.15) is 0 Å². The van der Waals surface area contributed by atoms with Crippen molar-refractivity contribution in [3.63, 3.8) is 0 Å². The molecule has 2 heterocycles. The lowest BCUT2D eigenvalue weighted by Crippen LogP contribution is -2.46. The Bertz CT molecular complexity index is 1190. The molecule has 3 aromatic rings. The number of carbonyl (C=O) groups excluding carboxylic acids is 1. The van der Waals surface area contributed by atoms with Gasteiger partial charge in [0.1, 0.15) is 5.76 Å². The van der Waals surface area contributed by atoms with Crippen molar-refractivity contribution in [3.05, 3.63) is 69.9 Å². The fourth-order valence-corrected chi connectivity index (χ4v) is 3.93.